The van der Waals surface area contributed by atoms with Gasteiger partial charge in [0.2, 0.25) is 0 Å². The van der Waals surface area contributed by atoms with Gasteiger partial charge in [0.25, 0.3) is 5.91 Å². The first-order valence-corrected chi connectivity index (χ1v) is 10.3. The van der Waals surface area contributed by atoms with Crippen LogP contribution in [0, 0.1) is 20.8 Å². The number of ether oxygens (including phenoxy) is 1. The van der Waals surface area contributed by atoms with Gasteiger partial charge in [0.15, 0.2) is 11.8 Å². The highest BCUT2D eigenvalue weighted by atomic mass is 35.5. The minimum absolute atomic E-state index is 0.0190. The minimum atomic E-state index is -0.0828. The molecule has 1 aliphatic heterocycles. The molecule has 0 bridgehead atoms. The number of carbonyl (C=O) groups excluding carboxylic acids is 1. The van der Waals surface area contributed by atoms with Crippen molar-refractivity contribution in [3.05, 3.63) is 58.1 Å². The van der Waals surface area contributed by atoms with E-state index in [0.29, 0.717) is 17.3 Å². The third-order valence-corrected chi connectivity index (χ3v) is 5.66. The molecule has 1 saturated heterocycles. The van der Waals surface area contributed by atoms with Crippen LogP contribution in [0.1, 0.15) is 23.1 Å². The van der Waals surface area contributed by atoms with E-state index in [1.165, 1.54) is 0 Å². The van der Waals surface area contributed by atoms with E-state index in [9.17, 15) is 4.79 Å². The van der Waals surface area contributed by atoms with E-state index >= 15 is 0 Å². The van der Waals surface area contributed by atoms with Gasteiger partial charge in [0.1, 0.15) is 5.75 Å². The summed E-state index contributed by atoms with van der Waals surface area (Å²) in [5.41, 5.74) is 4.07. The van der Waals surface area contributed by atoms with Gasteiger partial charge in [-0.25, -0.2) is 4.99 Å². The number of aryl methyl sites for hydroxylation is 3. The molecule has 27 heavy (non-hydrogen) atoms. The number of rotatable bonds is 4. The Bertz CT molecular complexity index is 882. The number of halogens is 1. The summed E-state index contributed by atoms with van der Waals surface area (Å²) in [6.45, 7) is 6.64. The van der Waals surface area contributed by atoms with E-state index in [2.05, 4.69) is 12.1 Å². The van der Waals surface area contributed by atoms with Crippen LogP contribution in [-0.4, -0.2) is 34.9 Å². The number of amidine groups is 1. The summed E-state index contributed by atoms with van der Waals surface area (Å²) in [7, 11) is 0. The van der Waals surface area contributed by atoms with Crippen molar-refractivity contribution in [2.24, 2.45) is 4.99 Å². The summed E-state index contributed by atoms with van der Waals surface area (Å²) in [6, 6.07) is 11.6. The summed E-state index contributed by atoms with van der Waals surface area (Å²) < 4.78 is 5.73. The molecule has 0 unspecified atom stereocenters. The summed E-state index contributed by atoms with van der Waals surface area (Å²) in [4.78, 5) is 19.3. The molecule has 0 saturated carbocycles. The second-order valence-electron chi connectivity index (χ2n) is 6.63. The third-order valence-electron chi connectivity index (χ3n) is 4.36. The Hall–Kier alpha value is -1.98. The van der Waals surface area contributed by atoms with Crippen molar-refractivity contribution in [3.8, 4) is 5.75 Å². The van der Waals surface area contributed by atoms with Crippen LogP contribution in [0.2, 0.25) is 5.02 Å². The van der Waals surface area contributed by atoms with Gasteiger partial charge in [-0.05, 0) is 68.1 Å². The molecular formula is C21H23ClN2O2S. The Morgan fingerprint density at radius 2 is 2.00 bits per heavy atom. The summed E-state index contributed by atoms with van der Waals surface area (Å²) in [5, 5.41) is 1.40. The number of aliphatic imine (C=N–C) groups is 1. The molecule has 142 valence electrons. The molecule has 0 atom stereocenters. The molecule has 3 rings (SSSR count). The van der Waals surface area contributed by atoms with Crippen LogP contribution in [0.5, 0.6) is 5.75 Å². The lowest BCUT2D eigenvalue weighted by Crippen LogP contribution is -2.41. The fourth-order valence-electron chi connectivity index (χ4n) is 2.82. The highest BCUT2D eigenvalue weighted by Gasteiger charge is 2.24. The molecule has 0 aromatic heterocycles. The fourth-order valence-corrected chi connectivity index (χ4v) is 4.01. The Morgan fingerprint density at radius 3 is 2.78 bits per heavy atom. The largest absolute Gasteiger partial charge is 0.483 e. The van der Waals surface area contributed by atoms with Gasteiger partial charge in [-0.2, -0.15) is 0 Å². The van der Waals surface area contributed by atoms with E-state index < -0.39 is 0 Å². The minimum Gasteiger partial charge on any atom is -0.483 e. The van der Waals surface area contributed by atoms with Crippen LogP contribution in [0.3, 0.4) is 0 Å². The van der Waals surface area contributed by atoms with Gasteiger partial charge in [-0.15, -0.1) is 0 Å². The van der Waals surface area contributed by atoms with Crippen LogP contribution in [0.4, 0.5) is 5.69 Å². The first-order chi connectivity index (χ1) is 12.9. The Kier molecular flexibility index (Phi) is 6.45. The number of hydrogen-bond acceptors (Lipinski definition) is 4. The van der Waals surface area contributed by atoms with Crippen LogP contribution >= 0.6 is 23.4 Å². The highest BCUT2D eigenvalue weighted by Crippen LogP contribution is 2.26. The summed E-state index contributed by atoms with van der Waals surface area (Å²) in [6.07, 6.45) is 0.947. The molecule has 2 aromatic rings. The lowest BCUT2D eigenvalue weighted by Gasteiger charge is -2.28. The van der Waals surface area contributed by atoms with E-state index in [1.807, 2.05) is 32.9 Å². The summed E-state index contributed by atoms with van der Waals surface area (Å²) in [5.74, 6) is 1.55. The Labute approximate surface area is 169 Å². The number of thioether (sulfide) groups is 1. The molecule has 0 spiro atoms. The molecule has 1 aliphatic rings. The number of nitrogens with zero attached hydrogens (tertiary/aromatic N) is 2. The fraction of sp³-hybridized carbons (Fsp3) is 0.333. The smallest absolute Gasteiger partial charge is 0.266 e. The third kappa shape index (κ3) is 5.05. The van der Waals surface area contributed by atoms with Gasteiger partial charge in [0.05, 0.1) is 5.69 Å². The van der Waals surface area contributed by atoms with Crippen molar-refractivity contribution in [2.75, 3.05) is 18.9 Å². The zero-order chi connectivity index (χ0) is 19.4. The van der Waals surface area contributed by atoms with E-state index in [0.717, 1.165) is 39.7 Å². The lowest BCUT2D eigenvalue weighted by molar-refractivity contribution is -0.129. The van der Waals surface area contributed by atoms with Gasteiger partial charge < -0.3 is 4.74 Å². The molecule has 6 heteroatoms. The van der Waals surface area contributed by atoms with Gasteiger partial charge in [0, 0.05) is 17.3 Å². The molecule has 1 fully saturated rings. The standard InChI is InChI=1S/C21H23ClN2O2S/c1-14-5-6-15(2)18(11-14)23-21-24(9-4-10-27-21)20(25)13-26-19-8-7-17(22)12-16(19)3/h5-8,11-12H,4,9-10,13H2,1-3H3. The molecule has 0 N–H and O–H groups in total. The lowest BCUT2D eigenvalue weighted by atomic mass is 10.1. The predicted octanol–water partition coefficient (Wildman–Crippen LogP) is 5.30. The molecule has 1 heterocycles. The molecule has 0 radical (unpaired) electrons. The second-order valence-corrected chi connectivity index (χ2v) is 8.13. The molecule has 0 aliphatic carbocycles. The number of benzene rings is 2. The van der Waals surface area contributed by atoms with E-state index in [4.69, 9.17) is 21.3 Å². The SMILES string of the molecule is Cc1ccc(C)c(N=C2SCCCN2C(=O)COc2ccc(Cl)cc2C)c1. The molecular weight excluding hydrogens is 380 g/mol. The topological polar surface area (TPSA) is 41.9 Å². The molecule has 2 aromatic carbocycles. The van der Waals surface area contributed by atoms with Crippen LogP contribution < -0.4 is 4.74 Å². The van der Waals surface area contributed by atoms with Gasteiger partial charge in [-0.3, -0.25) is 9.69 Å². The average molecular weight is 403 g/mol. The first kappa shape index (κ1) is 19.8. The van der Waals surface area contributed by atoms with Gasteiger partial charge in [-0.1, -0.05) is 35.5 Å². The van der Waals surface area contributed by atoms with Gasteiger partial charge >= 0.3 is 0 Å². The zero-order valence-electron chi connectivity index (χ0n) is 15.8. The zero-order valence-corrected chi connectivity index (χ0v) is 17.4. The normalized spacial score (nSPS) is 15.9. The maximum absolute atomic E-state index is 12.8. The number of hydrogen-bond donors (Lipinski definition) is 0. The van der Waals surface area contributed by atoms with Crippen molar-refractivity contribution in [1.29, 1.82) is 0 Å². The number of carbonyl (C=O) groups is 1. The van der Waals surface area contributed by atoms with Crippen LogP contribution in [-0.2, 0) is 4.79 Å². The quantitative estimate of drug-likeness (QED) is 0.697. The Morgan fingerprint density at radius 1 is 1.19 bits per heavy atom. The van der Waals surface area contributed by atoms with Crippen molar-refractivity contribution in [2.45, 2.75) is 27.2 Å². The first-order valence-electron chi connectivity index (χ1n) is 8.92. The van der Waals surface area contributed by atoms with Crippen molar-refractivity contribution in [3.63, 3.8) is 0 Å². The van der Waals surface area contributed by atoms with E-state index in [-0.39, 0.29) is 12.5 Å². The Balaban J connectivity index is 1.75. The second kappa shape index (κ2) is 8.81. The number of amides is 1. The maximum atomic E-state index is 12.8. The maximum Gasteiger partial charge on any atom is 0.266 e. The average Bonchev–Trinajstić information content (AvgIpc) is 2.64. The predicted molar refractivity (Wildman–Crippen MR) is 113 cm³/mol. The molecule has 4 nitrogen and oxygen atoms in total. The summed E-state index contributed by atoms with van der Waals surface area (Å²) >= 11 is 7.59. The van der Waals surface area contributed by atoms with Crippen LogP contribution in [0.25, 0.3) is 0 Å². The van der Waals surface area contributed by atoms with Crippen LogP contribution in [0.15, 0.2) is 41.4 Å². The molecule has 1 amide bonds. The van der Waals surface area contributed by atoms with Crippen molar-refractivity contribution in [1.82, 2.24) is 4.90 Å². The van der Waals surface area contributed by atoms with Crippen molar-refractivity contribution >= 4 is 40.1 Å². The van der Waals surface area contributed by atoms with E-state index in [1.54, 1.807) is 28.8 Å². The highest BCUT2D eigenvalue weighted by molar-refractivity contribution is 8.13. The monoisotopic (exact) mass is 402 g/mol. The van der Waals surface area contributed by atoms with Crippen molar-refractivity contribution < 1.29 is 9.53 Å².